The molecular formula is C22H28FN5O2S. The topological polar surface area (TPSA) is 113 Å². The summed E-state index contributed by atoms with van der Waals surface area (Å²) >= 11 is 0. The molecule has 1 amide bonds. The van der Waals surface area contributed by atoms with Crippen molar-refractivity contribution >= 4 is 27.9 Å². The van der Waals surface area contributed by atoms with Gasteiger partial charge in [-0.15, -0.1) is 0 Å². The average molecular weight is 446 g/mol. The fraction of sp³-hybridized carbons (Fsp3) is 0.409. The number of hydrogen-bond donors (Lipinski definition) is 4. The third-order valence-corrected chi connectivity index (χ3v) is 10.4. The van der Waals surface area contributed by atoms with Gasteiger partial charge in [0.2, 0.25) is 0 Å². The number of aliphatic imine (C=N–C) groups is 1. The zero-order chi connectivity index (χ0) is 22.6. The first-order valence-electron chi connectivity index (χ1n) is 10.2. The highest BCUT2D eigenvalue weighted by atomic mass is 32.3. The van der Waals surface area contributed by atoms with E-state index in [-0.39, 0.29) is 22.5 Å². The Morgan fingerprint density at radius 2 is 2.06 bits per heavy atom. The highest BCUT2D eigenvalue weighted by Crippen LogP contribution is 2.67. The fourth-order valence-electron chi connectivity index (χ4n) is 4.42. The molecule has 9 heteroatoms. The number of aryl methyl sites for hydroxylation is 1. The van der Waals surface area contributed by atoms with E-state index in [4.69, 9.17) is 10.7 Å². The molecule has 1 aromatic carbocycles. The van der Waals surface area contributed by atoms with Gasteiger partial charge in [-0.3, -0.25) is 19.5 Å². The molecule has 1 saturated heterocycles. The van der Waals surface area contributed by atoms with Crippen LogP contribution < -0.4 is 15.8 Å². The first-order chi connectivity index (χ1) is 14.5. The van der Waals surface area contributed by atoms with E-state index in [1.807, 2.05) is 20.8 Å². The Morgan fingerprint density at radius 3 is 2.74 bits per heavy atom. The normalized spacial score (nSPS) is 31.3. The molecule has 0 aliphatic carbocycles. The summed E-state index contributed by atoms with van der Waals surface area (Å²) in [6, 6.07) is 8.18. The summed E-state index contributed by atoms with van der Waals surface area (Å²) in [7, 11) is -2.40. The zero-order valence-corrected chi connectivity index (χ0v) is 18.9. The van der Waals surface area contributed by atoms with Crippen LogP contribution in [0.1, 0.15) is 48.8 Å². The van der Waals surface area contributed by atoms with Gasteiger partial charge in [0, 0.05) is 18.3 Å². The van der Waals surface area contributed by atoms with Crippen LogP contribution in [0.25, 0.3) is 0 Å². The number of hydrogen-bond acceptors (Lipinski definition) is 6. The largest absolute Gasteiger partial charge is 0.386 e. The van der Waals surface area contributed by atoms with Gasteiger partial charge in [-0.2, -0.15) is 0 Å². The molecule has 5 N–H and O–H groups in total. The van der Waals surface area contributed by atoms with Crippen LogP contribution in [-0.2, 0) is 5.54 Å². The van der Waals surface area contributed by atoms with E-state index in [0.717, 1.165) is 5.56 Å². The average Bonchev–Trinajstić information content (AvgIpc) is 3.13. The number of benzene rings is 1. The van der Waals surface area contributed by atoms with Crippen molar-refractivity contribution in [3.63, 3.8) is 0 Å². The molecule has 2 aliphatic heterocycles. The molecule has 1 aromatic heterocycles. The number of amides is 1. The van der Waals surface area contributed by atoms with Gasteiger partial charge in [0.25, 0.3) is 5.91 Å². The van der Waals surface area contributed by atoms with E-state index in [1.54, 1.807) is 37.4 Å². The highest BCUT2D eigenvalue weighted by Gasteiger charge is 2.60. The van der Waals surface area contributed by atoms with Gasteiger partial charge in [0.1, 0.15) is 17.1 Å². The molecule has 0 radical (unpaired) electrons. The second-order valence-electron chi connectivity index (χ2n) is 8.79. The smallest absolute Gasteiger partial charge is 0.274 e. The number of nitrogens with zero attached hydrogens (tertiary/aromatic N) is 2. The lowest BCUT2D eigenvalue weighted by molar-refractivity contribution is 0.102. The van der Waals surface area contributed by atoms with Crippen LogP contribution in [0.4, 0.5) is 10.1 Å². The molecule has 0 bridgehead atoms. The number of nitrogens with two attached hydrogens (primary N) is 1. The van der Waals surface area contributed by atoms with Gasteiger partial charge >= 0.3 is 0 Å². The summed E-state index contributed by atoms with van der Waals surface area (Å²) in [6.07, 6.45) is 2.23. The summed E-state index contributed by atoms with van der Waals surface area (Å²) in [6.45, 7) is 8.02. The van der Waals surface area contributed by atoms with E-state index in [2.05, 4.69) is 15.0 Å². The van der Waals surface area contributed by atoms with Crippen molar-refractivity contribution < 1.29 is 13.7 Å². The standard InChI is InChI=1S/C22H28FN5O2S/c1-13-8-9-16(25-12-13)19(29)27-15-7-5-6-14(18(15)23)22(4)17-10-11-26-31(17,30)21(2,3)20(24)28-22/h5-9,12,17,26,30H,10-11H2,1-4H3,(H2,24,28)(H,27,29)/t17-,22+/m0/s1. The number of fused-ring (bicyclic) bond motifs is 1. The number of aromatic nitrogens is 1. The Hall–Kier alpha value is -2.49. The SMILES string of the molecule is Cc1ccc(C(=O)Nc2cccc([C@@]3(C)N=C(N)C(C)(C)S4(O)NCC[C@@H]34)c2F)nc1. The third kappa shape index (κ3) is 3.22. The van der Waals surface area contributed by atoms with Gasteiger partial charge in [-0.05, 0) is 51.8 Å². The molecule has 166 valence electrons. The van der Waals surface area contributed by atoms with Crippen LogP contribution in [0, 0.1) is 12.7 Å². The van der Waals surface area contributed by atoms with Gasteiger partial charge in [0.15, 0.2) is 5.82 Å². The molecular weight excluding hydrogens is 417 g/mol. The van der Waals surface area contributed by atoms with Crippen molar-refractivity contribution in [2.24, 2.45) is 10.7 Å². The van der Waals surface area contributed by atoms with E-state index >= 15 is 4.39 Å². The zero-order valence-electron chi connectivity index (χ0n) is 18.1. The lowest BCUT2D eigenvalue weighted by Gasteiger charge is -2.56. The van der Waals surface area contributed by atoms with Crippen molar-refractivity contribution in [2.45, 2.75) is 49.7 Å². The maximum absolute atomic E-state index is 15.7. The van der Waals surface area contributed by atoms with Gasteiger partial charge in [-0.1, -0.05) is 28.7 Å². The molecule has 2 aliphatic rings. The molecule has 2 aromatic rings. The maximum Gasteiger partial charge on any atom is 0.274 e. The fourth-order valence-corrected chi connectivity index (χ4v) is 7.79. The van der Waals surface area contributed by atoms with Crippen LogP contribution in [0.5, 0.6) is 0 Å². The Kier molecular flexibility index (Phi) is 5.11. The molecule has 31 heavy (non-hydrogen) atoms. The minimum Gasteiger partial charge on any atom is -0.386 e. The van der Waals surface area contributed by atoms with Crippen LogP contribution in [-0.4, -0.2) is 37.8 Å². The molecule has 1 unspecified atom stereocenters. The Morgan fingerprint density at radius 1 is 1.32 bits per heavy atom. The molecule has 0 saturated carbocycles. The van der Waals surface area contributed by atoms with Crippen molar-refractivity contribution in [3.05, 3.63) is 59.2 Å². The van der Waals surface area contributed by atoms with Crippen LogP contribution in [0.15, 0.2) is 41.5 Å². The minimum absolute atomic E-state index is 0.0363. The van der Waals surface area contributed by atoms with Gasteiger partial charge in [-0.25, -0.2) is 4.39 Å². The van der Waals surface area contributed by atoms with Crippen LogP contribution in [0.2, 0.25) is 0 Å². The monoisotopic (exact) mass is 445 g/mol. The number of halogens is 1. The van der Waals surface area contributed by atoms with E-state index in [1.165, 1.54) is 6.07 Å². The highest BCUT2D eigenvalue weighted by molar-refractivity contribution is 8.29. The Bertz CT molecular complexity index is 1070. The second kappa shape index (κ2) is 7.29. The lowest BCUT2D eigenvalue weighted by Crippen LogP contribution is -2.57. The summed E-state index contributed by atoms with van der Waals surface area (Å²) in [5.74, 6) is -0.801. The first-order valence-corrected chi connectivity index (χ1v) is 11.8. The number of carbonyl (C=O) groups is 1. The number of carbonyl (C=O) groups excluding carboxylic acids is 1. The molecule has 3 heterocycles. The predicted molar refractivity (Wildman–Crippen MR) is 123 cm³/mol. The number of pyridine rings is 1. The molecule has 4 rings (SSSR count). The number of nitrogens with one attached hydrogen (secondary N) is 2. The number of anilines is 1. The van der Waals surface area contributed by atoms with E-state index < -0.39 is 32.5 Å². The van der Waals surface area contributed by atoms with Crippen LogP contribution in [0.3, 0.4) is 0 Å². The van der Waals surface area contributed by atoms with Gasteiger partial charge < -0.3 is 15.6 Å². The van der Waals surface area contributed by atoms with E-state index in [0.29, 0.717) is 18.5 Å². The summed E-state index contributed by atoms with van der Waals surface area (Å²) in [5.41, 5.74) is 6.67. The lowest BCUT2D eigenvalue weighted by atomic mass is 9.85. The van der Waals surface area contributed by atoms with Crippen LogP contribution >= 0.6 is 10.5 Å². The molecule has 1 fully saturated rings. The van der Waals surface area contributed by atoms with Gasteiger partial charge in [0.05, 0.1) is 15.7 Å². The second-order valence-corrected chi connectivity index (χ2v) is 11.9. The Balaban J connectivity index is 1.75. The Labute approximate surface area is 183 Å². The maximum atomic E-state index is 15.7. The molecule has 0 spiro atoms. The summed E-state index contributed by atoms with van der Waals surface area (Å²) < 4.78 is 29.8. The summed E-state index contributed by atoms with van der Waals surface area (Å²) in [5, 5.41) is 2.29. The van der Waals surface area contributed by atoms with Crippen molar-refractivity contribution in [2.75, 3.05) is 11.9 Å². The summed E-state index contributed by atoms with van der Waals surface area (Å²) in [4.78, 5) is 21.4. The van der Waals surface area contributed by atoms with Crippen molar-refractivity contribution in [3.8, 4) is 0 Å². The quantitative estimate of drug-likeness (QED) is 0.575. The minimum atomic E-state index is -2.40. The predicted octanol–water partition coefficient (Wildman–Crippen LogP) is 3.70. The first kappa shape index (κ1) is 21.7. The van der Waals surface area contributed by atoms with E-state index in [9.17, 15) is 9.35 Å². The van der Waals surface area contributed by atoms with Crippen molar-refractivity contribution in [1.82, 2.24) is 9.71 Å². The number of amidine groups is 1. The molecule has 7 nitrogen and oxygen atoms in total. The molecule has 3 atom stereocenters. The third-order valence-electron chi connectivity index (χ3n) is 6.45. The van der Waals surface area contributed by atoms with Crippen molar-refractivity contribution in [1.29, 1.82) is 0 Å². The number of rotatable bonds is 3.